The summed E-state index contributed by atoms with van der Waals surface area (Å²) in [5.41, 5.74) is 0. The maximum Gasteiger partial charge on any atom is 0.219 e. The van der Waals surface area contributed by atoms with E-state index in [1.807, 2.05) is 4.90 Å². The number of amides is 1. The zero-order chi connectivity index (χ0) is 9.35. The molecule has 1 amide bonds. The van der Waals surface area contributed by atoms with Gasteiger partial charge in [0.2, 0.25) is 5.91 Å². The fourth-order valence-electron chi connectivity index (χ4n) is 1.66. The third-order valence-corrected chi connectivity index (χ3v) is 2.70. The van der Waals surface area contributed by atoms with Crippen molar-refractivity contribution < 1.29 is 9.28 Å². The lowest BCUT2D eigenvalue weighted by molar-refractivity contribution is -0.893. The molecule has 0 N–H and O–H groups in total. The van der Waals surface area contributed by atoms with Crippen molar-refractivity contribution in [3.05, 3.63) is 0 Å². The van der Waals surface area contributed by atoms with Gasteiger partial charge in [-0.3, -0.25) is 4.79 Å². The largest absolute Gasteiger partial charge is 0.337 e. The fourth-order valence-corrected chi connectivity index (χ4v) is 1.66. The molecule has 3 heteroatoms. The third-order valence-electron chi connectivity index (χ3n) is 2.70. The molecule has 1 heterocycles. The summed E-state index contributed by atoms with van der Waals surface area (Å²) < 4.78 is 0.962. The summed E-state index contributed by atoms with van der Waals surface area (Å²) in [6.45, 7) is 3.52. The molecule has 1 atom stereocenters. The van der Waals surface area contributed by atoms with E-state index in [1.54, 1.807) is 6.92 Å². The van der Waals surface area contributed by atoms with Crippen LogP contribution < -0.4 is 0 Å². The highest BCUT2D eigenvalue weighted by Gasteiger charge is 2.32. The number of quaternary nitrogens is 1. The molecule has 1 aliphatic heterocycles. The molecule has 0 saturated carbocycles. The lowest BCUT2D eigenvalue weighted by Gasteiger charge is -2.31. The van der Waals surface area contributed by atoms with Crippen LogP contribution in [0.15, 0.2) is 0 Å². The average Bonchev–Trinajstić information content (AvgIpc) is 2.30. The minimum Gasteiger partial charge on any atom is -0.337 e. The van der Waals surface area contributed by atoms with Crippen molar-refractivity contribution in [2.75, 3.05) is 34.2 Å². The first-order valence-corrected chi connectivity index (χ1v) is 4.48. The first-order valence-electron chi connectivity index (χ1n) is 4.48. The van der Waals surface area contributed by atoms with Crippen LogP contribution in [0.2, 0.25) is 0 Å². The van der Waals surface area contributed by atoms with E-state index >= 15 is 0 Å². The summed E-state index contributed by atoms with van der Waals surface area (Å²) in [6.07, 6.45) is 1.14. The Morgan fingerprint density at radius 2 is 2.00 bits per heavy atom. The van der Waals surface area contributed by atoms with Crippen molar-refractivity contribution >= 4 is 5.91 Å². The van der Waals surface area contributed by atoms with E-state index in [1.165, 1.54) is 0 Å². The first-order chi connectivity index (χ1) is 5.41. The Morgan fingerprint density at radius 3 is 2.25 bits per heavy atom. The Balaban J connectivity index is 2.51. The van der Waals surface area contributed by atoms with E-state index in [9.17, 15) is 4.79 Å². The molecule has 1 fully saturated rings. The normalized spacial score (nSPS) is 24.7. The SMILES string of the molecule is CC(=O)N1CCC([N+](C)(C)C)C1. The van der Waals surface area contributed by atoms with Crippen molar-refractivity contribution in [1.82, 2.24) is 4.90 Å². The summed E-state index contributed by atoms with van der Waals surface area (Å²) in [4.78, 5) is 13.0. The Kier molecular flexibility index (Phi) is 2.42. The number of hydrogen-bond donors (Lipinski definition) is 0. The van der Waals surface area contributed by atoms with Gasteiger partial charge in [0, 0.05) is 19.9 Å². The Hall–Kier alpha value is -0.570. The molecule has 0 bridgehead atoms. The highest BCUT2D eigenvalue weighted by molar-refractivity contribution is 5.73. The Labute approximate surface area is 74.5 Å². The van der Waals surface area contributed by atoms with E-state index in [2.05, 4.69) is 21.1 Å². The van der Waals surface area contributed by atoms with Crippen LogP contribution in [0.5, 0.6) is 0 Å². The maximum absolute atomic E-state index is 11.0. The van der Waals surface area contributed by atoms with Crippen molar-refractivity contribution in [3.63, 3.8) is 0 Å². The molecular weight excluding hydrogens is 152 g/mol. The van der Waals surface area contributed by atoms with Gasteiger partial charge < -0.3 is 9.38 Å². The Morgan fingerprint density at radius 1 is 1.42 bits per heavy atom. The van der Waals surface area contributed by atoms with Gasteiger partial charge in [-0.1, -0.05) is 0 Å². The lowest BCUT2D eigenvalue weighted by Crippen LogP contribution is -2.46. The van der Waals surface area contributed by atoms with Crippen molar-refractivity contribution in [3.8, 4) is 0 Å². The second-order valence-electron chi connectivity index (χ2n) is 4.52. The summed E-state index contributed by atoms with van der Waals surface area (Å²) in [5, 5.41) is 0. The van der Waals surface area contributed by atoms with Crippen molar-refractivity contribution in [2.24, 2.45) is 0 Å². The highest BCUT2D eigenvalue weighted by atomic mass is 16.2. The topological polar surface area (TPSA) is 20.3 Å². The van der Waals surface area contributed by atoms with Crippen LogP contribution in [0, 0.1) is 0 Å². The first kappa shape index (κ1) is 9.52. The van der Waals surface area contributed by atoms with Gasteiger partial charge >= 0.3 is 0 Å². The molecular formula is C9H19N2O+. The van der Waals surface area contributed by atoms with Crippen LogP contribution in [0.1, 0.15) is 13.3 Å². The fraction of sp³-hybridized carbons (Fsp3) is 0.889. The number of carbonyl (C=O) groups excluding carboxylic acids is 1. The molecule has 0 radical (unpaired) electrons. The number of rotatable bonds is 1. The zero-order valence-corrected chi connectivity index (χ0v) is 8.50. The van der Waals surface area contributed by atoms with Gasteiger partial charge in [0.05, 0.1) is 27.7 Å². The number of hydrogen-bond acceptors (Lipinski definition) is 1. The van der Waals surface area contributed by atoms with Gasteiger partial charge in [0.25, 0.3) is 0 Å². The number of carbonyl (C=O) groups is 1. The number of likely N-dealkylation sites (N-methyl/N-ethyl adjacent to an activating group) is 1. The van der Waals surface area contributed by atoms with Gasteiger partial charge in [-0.15, -0.1) is 0 Å². The highest BCUT2D eigenvalue weighted by Crippen LogP contribution is 2.17. The van der Waals surface area contributed by atoms with E-state index in [0.29, 0.717) is 6.04 Å². The van der Waals surface area contributed by atoms with Gasteiger partial charge in [0.1, 0.15) is 6.04 Å². The van der Waals surface area contributed by atoms with Crippen LogP contribution in [0.3, 0.4) is 0 Å². The molecule has 12 heavy (non-hydrogen) atoms. The van der Waals surface area contributed by atoms with Crippen LogP contribution >= 0.6 is 0 Å². The summed E-state index contributed by atoms with van der Waals surface area (Å²) >= 11 is 0. The van der Waals surface area contributed by atoms with Crippen molar-refractivity contribution in [2.45, 2.75) is 19.4 Å². The molecule has 0 aromatic carbocycles. The third kappa shape index (κ3) is 1.97. The zero-order valence-electron chi connectivity index (χ0n) is 8.50. The van der Waals surface area contributed by atoms with Crippen molar-refractivity contribution in [1.29, 1.82) is 0 Å². The van der Waals surface area contributed by atoms with Crippen LogP contribution in [-0.2, 0) is 4.79 Å². The van der Waals surface area contributed by atoms with Gasteiger partial charge in [-0.05, 0) is 0 Å². The molecule has 0 aromatic heterocycles. The Bertz CT molecular complexity index is 183. The predicted octanol–water partition coefficient (Wildman–Crippen LogP) is 0.313. The predicted molar refractivity (Wildman–Crippen MR) is 48.7 cm³/mol. The van der Waals surface area contributed by atoms with Gasteiger partial charge in [-0.2, -0.15) is 0 Å². The van der Waals surface area contributed by atoms with Gasteiger partial charge in [-0.25, -0.2) is 0 Å². The van der Waals surface area contributed by atoms with E-state index in [4.69, 9.17) is 0 Å². The monoisotopic (exact) mass is 171 g/mol. The molecule has 1 saturated heterocycles. The van der Waals surface area contributed by atoms with Gasteiger partial charge in [0.15, 0.2) is 0 Å². The van der Waals surface area contributed by atoms with E-state index in [0.717, 1.165) is 24.0 Å². The number of likely N-dealkylation sites (tertiary alicyclic amines) is 1. The minimum absolute atomic E-state index is 0.214. The van der Waals surface area contributed by atoms with Crippen LogP contribution in [0.25, 0.3) is 0 Å². The molecule has 0 aliphatic carbocycles. The quantitative estimate of drug-likeness (QED) is 0.520. The molecule has 0 spiro atoms. The van der Waals surface area contributed by atoms with E-state index in [-0.39, 0.29) is 5.91 Å². The molecule has 1 rings (SSSR count). The van der Waals surface area contributed by atoms with Crippen LogP contribution in [-0.4, -0.2) is 55.6 Å². The molecule has 0 aromatic rings. The smallest absolute Gasteiger partial charge is 0.219 e. The summed E-state index contributed by atoms with van der Waals surface area (Å²) in [5.74, 6) is 0.214. The van der Waals surface area contributed by atoms with E-state index < -0.39 is 0 Å². The summed E-state index contributed by atoms with van der Waals surface area (Å²) in [7, 11) is 6.57. The summed E-state index contributed by atoms with van der Waals surface area (Å²) in [6, 6.07) is 0.619. The second kappa shape index (κ2) is 3.05. The minimum atomic E-state index is 0.214. The van der Waals surface area contributed by atoms with Crippen LogP contribution in [0.4, 0.5) is 0 Å². The molecule has 1 aliphatic rings. The second-order valence-corrected chi connectivity index (χ2v) is 4.52. The average molecular weight is 171 g/mol. The maximum atomic E-state index is 11.0. The molecule has 3 nitrogen and oxygen atoms in total. The lowest BCUT2D eigenvalue weighted by atomic mass is 10.2. The molecule has 1 unspecified atom stereocenters. The standard InChI is InChI=1S/C9H19N2O/c1-8(12)10-6-5-9(7-10)11(2,3)4/h9H,5-7H2,1-4H3/q+1. The number of nitrogens with zero attached hydrogens (tertiary/aromatic N) is 2. The molecule has 70 valence electrons.